The van der Waals surface area contributed by atoms with Gasteiger partial charge in [-0.1, -0.05) is 43.7 Å². The molecular weight excluding hydrogens is 452 g/mol. The maximum atomic E-state index is 12.5. The molecule has 0 aliphatic heterocycles. The first-order chi connectivity index (χ1) is 13.9. The number of rotatable bonds is 10. The predicted octanol–water partition coefficient (Wildman–Crippen LogP) is 4.91. The molecule has 154 valence electrons. The number of hydrogen-bond acceptors (Lipinski definition) is 4. The van der Waals surface area contributed by atoms with Gasteiger partial charge in [-0.05, 0) is 76.5 Å². The standard InChI is InChI=1S/C22H25BrN2O3S/c1-2-3-11-19-13-18(15-21(23)22(19)26)14-20(16-24)29(27,28)25-12-7-10-17-8-5-4-6-9-17/h4-6,8-9,13-15,25-26H,2-3,7,10-12H2,1H3/b20-14+. The van der Waals surface area contributed by atoms with Crippen LogP contribution in [0.4, 0.5) is 0 Å². The van der Waals surface area contributed by atoms with Gasteiger partial charge in [-0.15, -0.1) is 0 Å². The van der Waals surface area contributed by atoms with Gasteiger partial charge in [-0.2, -0.15) is 5.26 Å². The minimum atomic E-state index is -3.91. The highest BCUT2D eigenvalue weighted by Crippen LogP contribution is 2.31. The fraction of sp³-hybridized carbons (Fsp3) is 0.318. The largest absolute Gasteiger partial charge is 0.506 e. The van der Waals surface area contributed by atoms with Crippen LogP contribution < -0.4 is 4.72 Å². The third-order valence-electron chi connectivity index (χ3n) is 4.44. The Kier molecular flexibility index (Phi) is 8.90. The van der Waals surface area contributed by atoms with Crippen molar-refractivity contribution in [1.29, 1.82) is 5.26 Å². The summed E-state index contributed by atoms with van der Waals surface area (Å²) in [5, 5.41) is 19.6. The zero-order valence-corrected chi connectivity index (χ0v) is 18.8. The Morgan fingerprint density at radius 1 is 1.21 bits per heavy atom. The average molecular weight is 477 g/mol. The van der Waals surface area contributed by atoms with Crippen molar-refractivity contribution in [2.45, 2.75) is 39.0 Å². The third-order valence-corrected chi connectivity index (χ3v) is 6.42. The van der Waals surface area contributed by atoms with Crippen molar-refractivity contribution in [2.24, 2.45) is 0 Å². The summed E-state index contributed by atoms with van der Waals surface area (Å²) in [4.78, 5) is -0.351. The SMILES string of the molecule is CCCCc1cc(/C=C(\C#N)S(=O)(=O)NCCCc2ccccc2)cc(Br)c1O. The molecule has 5 nitrogen and oxygen atoms in total. The molecule has 0 saturated heterocycles. The maximum absolute atomic E-state index is 12.5. The van der Waals surface area contributed by atoms with Crippen LogP contribution in [-0.2, 0) is 22.9 Å². The number of nitriles is 1. The Hall–Kier alpha value is -2.14. The highest BCUT2D eigenvalue weighted by Gasteiger charge is 2.17. The van der Waals surface area contributed by atoms with Crippen LogP contribution in [0, 0.1) is 11.3 Å². The van der Waals surface area contributed by atoms with E-state index in [0.717, 1.165) is 30.4 Å². The topological polar surface area (TPSA) is 90.2 Å². The van der Waals surface area contributed by atoms with E-state index < -0.39 is 10.0 Å². The summed E-state index contributed by atoms with van der Waals surface area (Å²) in [6.07, 6.45) is 5.27. The Balaban J connectivity index is 2.11. The van der Waals surface area contributed by atoms with E-state index in [1.807, 2.05) is 30.3 Å². The molecule has 0 saturated carbocycles. The number of benzene rings is 2. The van der Waals surface area contributed by atoms with Crippen LogP contribution in [0.1, 0.15) is 42.9 Å². The number of aromatic hydroxyl groups is 1. The van der Waals surface area contributed by atoms with Crippen LogP contribution in [-0.4, -0.2) is 20.1 Å². The molecule has 0 amide bonds. The fourth-order valence-corrected chi connectivity index (χ4v) is 4.36. The lowest BCUT2D eigenvalue weighted by Crippen LogP contribution is -2.26. The number of allylic oxidation sites excluding steroid dienone is 1. The lowest BCUT2D eigenvalue weighted by Gasteiger charge is -2.09. The van der Waals surface area contributed by atoms with Gasteiger partial charge in [0.05, 0.1) is 4.47 Å². The molecule has 0 heterocycles. The van der Waals surface area contributed by atoms with Gasteiger partial charge >= 0.3 is 0 Å². The molecule has 2 aromatic rings. The normalized spacial score (nSPS) is 12.0. The van der Waals surface area contributed by atoms with Crippen LogP contribution in [0.15, 0.2) is 51.8 Å². The van der Waals surface area contributed by atoms with E-state index in [4.69, 9.17) is 0 Å². The maximum Gasteiger partial charge on any atom is 0.250 e. The first-order valence-corrected chi connectivity index (χ1v) is 11.8. The molecule has 2 N–H and O–H groups in total. The molecule has 29 heavy (non-hydrogen) atoms. The molecule has 0 bridgehead atoms. The molecule has 0 radical (unpaired) electrons. The van der Waals surface area contributed by atoms with Crippen molar-refractivity contribution >= 4 is 32.0 Å². The Bertz CT molecular complexity index is 997. The van der Waals surface area contributed by atoms with Gasteiger partial charge in [0.1, 0.15) is 11.8 Å². The molecule has 0 aromatic heterocycles. The molecule has 0 aliphatic rings. The van der Waals surface area contributed by atoms with Gasteiger partial charge < -0.3 is 5.11 Å². The van der Waals surface area contributed by atoms with E-state index in [0.29, 0.717) is 22.9 Å². The lowest BCUT2D eigenvalue weighted by atomic mass is 10.0. The van der Waals surface area contributed by atoms with Crippen LogP contribution >= 0.6 is 15.9 Å². The minimum absolute atomic E-state index is 0.149. The number of sulfonamides is 1. The first kappa shape index (κ1) is 23.1. The van der Waals surface area contributed by atoms with Crippen LogP contribution in [0.25, 0.3) is 6.08 Å². The van der Waals surface area contributed by atoms with Gasteiger partial charge in [0.25, 0.3) is 10.0 Å². The minimum Gasteiger partial charge on any atom is -0.506 e. The zero-order chi connectivity index (χ0) is 21.3. The number of halogens is 1. The molecule has 2 rings (SSSR count). The smallest absolute Gasteiger partial charge is 0.250 e. The number of hydrogen-bond donors (Lipinski definition) is 2. The van der Waals surface area contributed by atoms with Crippen LogP contribution in [0.2, 0.25) is 0 Å². The van der Waals surface area contributed by atoms with Crippen LogP contribution in [0.5, 0.6) is 5.75 Å². The van der Waals surface area contributed by atoms with E-state index in [2.05, 4.69) is 27.6 Å². The van der Waals surface area contributed by atoms with Gasteiger partial charge in [-0.25, -0.2) is 13.1 Å². The number of nitrogens with zero attached hydrogens (tertiary/aromatic N) is 1. The molecule has 0 atom stereocenters. The highest BCUT2D eigenvalue weighted by molar-refractivity contribution is 9.10. The molecule has 2 aromatic carbocycles. The van der Waals surface area contributed by atoms with Crippen molar-refractivity contribution in [2.75, 3.05) is 6.54 Å². The Morgan fingerprint density at radius 3 is 2.59 bits per heavy atom. The second-order valence-electron chi connectivity index (χ2n) is 6.72. The zero-order valence-electron chi connectivity index (χ0n) is 16.4. The Morgan fingerprint density at radius 2 is 1.93 bits per heavy atom. The Labute approximate surface area is 181 Å². The third kappa shape index (κ3) is 7.00. The number of phenolic OH excluding ortho intramolecular Hbond substituents is 1. The molecular formula is C22H25BrN2O3S. The molecule has 7 heteroatoms. The van der Waals surface area contributed by atoms with Gasteiger partial charge in [0, 0.05) is 6.54 Å². The second-order valence-corrected chi connectivity index (χ2v) is 9.31. The summed E-state index contributed by atoms with van der Waals surface area (Å²) < 4.78 is 28.0. The molecule has 0 fully saturated rings. The van der Waals surface area contributed by atoms with Crippen molar-refractivity contribution in [3.63, 3.8) is 0 Å². The van der Waals surface area contributed by atoms with E-state index in [9.17, 15) is 18.8 Å². The van der Waals surface area contributed by atoms with E-state index in [1.165, 1.54) is 6.08 Å². The summed E-state index contributed by atoms with van der Waals surface area (Å²) in [5.74, 6) is 0.149. The summed E-state index contributed by atoms with van der Waals surface area (Å²) in [6, 6.07) is 14.9. The number of aryl methyl sites for hydroxylation is 2. The summed E-state index contributed by atoms with van der Waals surface area (Å²) in [5.41, 5.74) is 2.40. The molecule has 0 spiro atoms. The predicted molar refractivity (Wildman–Crippen MR) is 120 cm³/mol. The number of phenols is 1. The van der Waals surface area contributed by atoms with Crippen LogP contribution in [0.3, 0.4) is 0 Å². The van der Waals surface area contributed by atoms with Gasteiger partial charge in [-0.3, -0.25) is 0 Å². The van der Waals surface area contributed by atoms with Crippen molar-refractivity contribution in [3.8, 4) is 11.8 Å². The molecule has 0 unspecified atom stereocenters. The van der Waals surface area contributed by atoms with E-state index in [-0.39, 0.29) is 17.2 Å². The summed E-state index contributed by atoms with van der Waals surface area (Å²) >= 11 is 3.30. The average Bonchev–Trinajstić information content (AvgIpc) is 2.71. The summed E-state index contributed by atoms with van der Waals surface area (Å²) in [7, 11) is -3.91. The second kappa shape index (κ2) is 11.1. The first-order valence-electron chi connectivity index (χ1n) is 9.54. The summed E-state index contributed by atoms with van der Waals surface area (Å²) in [6.45, 7) is 2.30. The highest BCUT2D eigenvalue weighted by atomic mass is 79.9. The van der Waals surface area contributed by atoms with Crippen molar-refractivity contribution in [3.05, 3.63) is 68.5 Å². The van der Waals surface area contributed by atoms with Gasteiger partial charge in [0.15, 0.2) is 4.91 Å². The van der Waals surface area contributed by atoms with Crippen molar-refractivity contribution < 1.29 is 13.5 Å². The fourth-order valence-electron chi connectivity index (χ4n) is 2.86. The quantitative estimate of drug-likeness (QED) is 0.376. The van der Waals surface area contributed by atoms with E-state index in [1.54, 1.807) is 18.2 Å². The van der Waals surface area contributed by atoms with Crippen molar-refractivity contribution in [1.82, 2.24) is 4.72 Å². The number of unbranched alkanes of at least 4 members (excludes halogenated alkanes) is 1. The lowest BCUT2D eigenvalue weighted by molar-refractivity contribution is 0.463. The van der Waals surface area contributed by atoms with E-state index >= 15 is 0 Å². The van der Waals surface area contributed by atoms with Gasteiger partial charge in [0.2, 0.25) is 0 Å². The molecule has 0 aliphatic carbocycles. The number of nitrogens with one attached hydrogen (secondary N) is 1. The monoisotopic (exact) mass is 476 g/mol.